The number of rotatable bonds is 2. The average molecular weight is 332 g/mol. The van der Waals surface area contributed by atoms with Crippen molar-refractivity contribution in [2.75, 3.05) is 0 Å². The van der Waals surface area contributed by atoms with Gasteiger partial charge in [0.25, 0.3) is 0 Å². The van der Waals surface area contributed by atoms with E-state index in [9.17, 15) is 0 Å². The van der Waals surface area contributed by atoms with Gasteiger partial charge in [0.15, 0.2) is 0 Å². The molecule has 5 rings (SSSR count). The van der Waals surface area contributed by atoms with Crippen LogP contribution in [0.15, 0.2) is 60.7 Å². The fourth-order valence-corrected chi connectivity index (χ4v) is 3.81. The molecule has 116 valence electrons. The summed E-state index contributed by atoms with van der Waals surface area (Å²) in [5.41, 5.74) is 6.27. The summed E-state index contributed by atoms with van der Waals surface area (Å²) in [4.78, 5) is 8.68. The van der Waals surface area contributed by atoms with Crippen LogP contribution in [0.25, 0.3) is 28.0 Å². The van der Waals surface area contributed by atoms with Gasteiger partial charge in [-0.15, -0.1) is 0 Å². The minimum Gasteiger partial charge on any atom is -0.316 e. The molecule has 1 aliphatic heterocycles. The first-order valence-electron chi connectivity index (χ1n) is 7.94. The summed E-state index contributed by atoms with van der Waals surface area (Å²) in [6.45, 7) is 0. The van der Waals surface area contributed by atoms with Crippen LogP contribution >= 0.6 is 11.6 Å². The maximum atomic E-state index is 6.21. The Morgan fingerprint density at radius 3 is 2.88 bits per heavy atom. The van der Waals surface area contributed by atoms with Gasteiger partial charge < -0.3 is 4.57 Å². The van der Waals surface area contributed by atoms with E-state index in [2.05, 4.69) is 32.9 Å². The highest BCUT2D eigenvalue weighted by molar-refractivity contribution is 6.32. The highest BCUT2D eigenvalue weighted by Gasteiger charge is 2.19. The highest BCUT2D eigenvalue weighted by Crippen LogP contribution is 2.36. The molecule has 0 N–H and O–H groups in total. The Morgan fingerprint density at radius 2 is 2.00 bits per heavy atom. The van der Waals surface area contributed by atoms with Crippen molar-refractivity contribution in [3.05, 3.63) is 76.8 Å². The molecule has 4 heterocycles. The van der Waals surface area contributed by atoms with Crippen LogP contribution in [0.1, 0.15) is 11.1 Å². The molecule has 0 amide bonds. The van der Waals surface area contributed by atoms with E-state index < -0.39 is 0 Å². The standard InChI is InChI=1S/C20H14ClN3/c21-16-3-4-19-17(8-16)18-11-23-10-15-7-14(12-24(19)20(15)18)6-13-2-1-5-22-9-13/h1-5,8-12H,6-7H2. The highest BCUT2D eigenvalue weighted by atomic mass is 35.5. The topological polar surface area (TPSA) is 30.7 Å². The van der Waals surface area contributed by atoms with Gasteiger partial charge in [-0.05, 0) is 53.8 Å². The zero-order chi connectivity index (χ0) is 16.1. The zero-order valence-electron chi connectivity index (χ0n) is 12.9. The van der Waals surface area contributed by atoms with Gasteiger partial charge >= 0.3 is 0 Å². The number of hydrogen-bond acceptors (Lipinski definition) is 2. The molecule has 0 aliphatic carbocycles. The predicted molar refractivity (Wildman–Crippen MR) is 98.2 cm³/mol. The molecule has 1 aliphatic rings. The summed E-state index contributed by atoms with van der Waals surface area (Å²) < 4.78 is 2.28. The lowest BCUT2D eigenvalue weighted by Gasteiger charge is -2.16. The Kier molecular flexibility index (Phi) is 2.97. The molecule has 0 radical (unpaired) electrons. The third-order valence-corrected chi connectivity index (χ3v) is 4.86. The number of benzene rings is 1. The Labute approximate surface area is 144 Å². The maximum absolute atomic E-state index is 6.21. The van der Waals surface area contributed by atoms with E-state index in [0.29, 0.717) is 0 Å². The Morgan fingerprint density at radius 1 is 1.04 bits per heavy atom. The number of hydrogen-bond donors (Lipinski definition) is 0. The van der Waals surface area contributed by atoms with Crippen LogP contribution in [0.4, 0.5) is 0 Å². The smallest absolute Gasteiger partial charge is 0.0601 e. The van der Waals surface area contributed by atoms with Crippen molar-refractivity contribution in [3.63, 3.8) is 0 Å². The van der Waals surface area contributed by atoms with E-state index in [1.165, 1.54) is 33.1 Å². The van der Waals surface area contributed by atoms with Crippen LogP contribution in [0.5, 0.6) is 0 Å². The zero-order valence-corrected chi connectivity index (χ0v) is 13.7. The molecule has 0 atom stereocenters. The Balaban J connectivity index is 1.74. The molecular formula is C20H14ClN3. The van der Waals surface area contributed by atoms with Gasteiger partial charge in [-0.1, -0.05) is 17.7 Å². The SMILES string of the molecule is Clc1ccc2c(c1)c1cncc3c1n2C=C(Cc1cccnc1)C3. The molecule has 3 aromatic heterocycles. The molecular weight excluding hydrogens is 318 g/mol. The predicted octanol–water partition coefficient (Wildman–Crippen LogP) is 4.88. The third kappa shape index (κ3) is 2.05. The van der Waals surface area contributed by atoms with Crippen LogP contribution < -0.4 is 0 Å². The van der Waals surface area contributed by atoms with Crippen molar-refractivity contribution in [2.24, 2.45) is 0 Å². The summed E-state index contributed by atoms with van der Waals surface area (Å²) in [5.74, 6) is 0. The average Bonchev–Trinajstić information content (AvgIpc) is 2.91. The molecule has 0 bridgehead atoms. The summed E-state index contributed by atoms with van der Waals surface area (Å²) in [6.07, 6.45) is 11.7. The number of fused-ring (bicyclic) bond motifs is 3. The molecule has 4 aromatic rings. The molecule has 0 saturated carbocycles. The lowest BCUT2D eigenvalue weighted by Crippen LogP contribution is -2.05. The van der Waals surface area contributed by atoms with Crippen LogP contribution in [-0.4, -0.2) is 14.5 Å². The second-order valence-electron chi connectivity index (χ2n) is 6.23. The second kappa shape index (κ2) is 5.18. The third-order valence-electron chi connectivity index (χ3n) is 4.63. The molecule has 0 spiro atoms. The molecule has 0 unspecified atom stereocenters. The van der Waals surface area contributed by atoms with E-state index in [1.54, 1.807) is 0 Å². The molecule has 4 heteroatoms. The fourth-order valence-electron chi connectivity index (χ4n) is 3.64. The van der Waals surface area contributed by atoms with E-state index >= 15 is 0 Å². The van der Waals surface area contributed by atoms with Gasteiger partial charge in [0, 0.05) is 46.8 Å². The van der Waals surface area contributed by atoms with E-state index in [-0.39, 0.29) is 0 Å². The monoisotopic (exact) mass is 331 g/mol. The molecule has 3 nitrogen and oxygen atoms in total. The van der Waals surface area contributed by atoms with Crippen molar-refractivity contribution in [1.82, 2.24) is 14.5 Å². The summed E-state index contributed by atoms with van der Waals surface area (Å²) >= 11 is 6.21. The van der Waals surface area contributed by atoms with Gasteiger partial charge in [-0.2, -0.15) is 0 Å². The minimum atomic E-state index is 0.755. The van der Waals surface area contributed by atoms with Crippen LogP contribution in [0.3, 0.4) is 0 Å². The molecule has 24 heavy (non-hydrogen) atoms. The number of halogens is 1. The van der Waals surface area contributed by atoms with Crippen LogP contribution in [0.2, 0.25) is 5.02 Å². The first-order valence-corrected chi connectivity index (χ1v) is 8.32. The van der Waals surface area contributed by atoms with Crippen molar-refractivity contribution in [2.45, 2.75) is 12.8 Å². The molecule has 1 aromatic carbocycles. The van der Waals surface area contributed by atoms with E-state index in [0.717, 1.165) is 23.3 Å². The first kappa shape index (κ1) is 13.8. The van der Waals surface area contributed by atoms with Gasteiger partial charge in [0.2, 0.25) is 0 Å². The molecule has 0 fully saturated rings. The number of pyridine rings is 2. The van der Waals surface area contributed by atoms with Gasteiger partial charge in [0.1, 0.15) is 0 Å². The summed E-state index contributed by atoms with van der Waals surface area (Å²) in [7, 11) is 0. The van der Waals surface area contributed by atoms with E-state index in [1.807, 2.05) is 43.0 Å². The quantitative estimate of drug-likeness (QED) is 0.524. The van der Waals surface area contributed by atoms with Gasteiger partial charge in [-0.3, -0.25) is 9.97 Å². The molecule has 0 saturated heterocycles. The number of aromatic nitrogens is 3. The summed E-state index contributed by atoms with van der Waals surface area (Å²) in [5, 5.41) is 3.08. The van der Waals surface area contributed by atoms with Crippen LogP contribution in [0, 0.1) is 0 Å². The van der Waals surface area contributed by atoms with Crippen molar-refractivity contribution >= 4 is 39.6 Å². The van der Waals surface area contributed by atoms with Crippen LogP contribution in [-0.2, 0) is 12.8 Å². The van der Waals surface area contributed by atoms with Crippen molar-refractivity contribution < 1.29 is 0 Å². The minimum absolute atomic E-state index is 0.755. The maximum Gasteiger partial charge on any atom is 0.0601 e. The summed E-state index contributed by atoms with van der Waals surface area (Å²) in [6, 6.07) is 10.2. The lowest BCUT2D eigenvalue weighted by atomic mass is 9.98. The van der Waals surface area contributed by atoms with E-state index in [4.69, 9.17) is 11.6 Å². The van der Waals surface area contributed by atoms with Gasteiger partial charge in [0.05, 0.1) is 11.0 Å². The Hall–Kier alpha value is -2.65. The normalized spacial score (nSPS) is 13.5. The number of nitrogens with zero attached hydrogens (tertiary/aromatic N) is 3. The van der Waals surface area contributed by atoms with Crippen molar-refractivity contribution in [3.8, 4) is 0 Å². The van der Waals surface area contributed by atoms with Crippen molar-refractivity contribution in [1.29, 1.82) is 0 Å². The second-order valence-corrected chi connectivity index (χ2v) is 6.66. The first-order chi connectivity index (χ1) is 11.8. The number of allylic oxidation sites excluding steroid dienone is 1. The van der Waals surface area contributed by atoms with Gasteiger partial charge in [-0.25, -0.2) is 0 Å². The fraction of sp³-hybridized carbons (Fsp3) is 0.100. The Bertz CT molecular complexity index is 1110. The lowest BCUT2D eigenvalue weighted by molar-refractivity contribution is 0.990. The largest absolute Gasteiger partial charge is 0.316 e.